The maximum atomic E-state index is 12.4. The van der Waals surface area contributed by atoms with Gasteiger partial charge in [-0.05, 0) is 55.7 Å². The summed E-state index contributed by atoms with van der Waals surface area (Å²) in [6.45, 7) is 0. The van der Waals surface area contributed by atoms with Gasteiger partial charge in [0.2, 0.25) is 5.91 Å². The van der Waals surface area contributed by atoms with Gasteiger partial charge in [0, 0.05) is 11.6 Å². The summed E-state index contributed by atoms with van der Waals surface area (Å²) in [6.07, 6.45) is 2.42. The lowest BCUT2D eigenvalue weighted by atomic mass is 9.81. The average molecular weight is 382 g/mol. The molecule has 0 aromatic heterocycles. The van der Waals surface area contributed by atoms with Crippen LogP contribution in [0.4, 0.5) is 5.69 Å². The number of nitrogens with one attached hydrogen (secondary N) is 1. The number of primary amides is 1. The normalized spacial score (nSPS) is 18.9. The molecule has 0 saturated heterocycles. The maximum Gasteiger partial charge on any atom is 0.306 e. The molecule has 28 heavy (non-hydrogen) atoms. The third kappa shape index (κ3) is 4.68. The highest BCUT2D eigenvalue weighted by Gasteiger charge is 2.31. The number of nitrogens with two attached hydrogens (primary N) is 1. The summed E-state index contributed by atoms with van der Waals surface area (Å²) >= 11 is 0. The molecule has 2 aromatic carbocycles. The zero-order valence-electron chi connectivity index (χ0n) is 15.3. The van der Waals surface area contributed by atoms with Crippen molar-refractivity contribution in [1.82, 2.24) is 0 Å². The number of aliphatic carboxylic acids is 1. The van der Waals surface area contributed by atoms with Gasteiger partial charge < -0.3 is 20.9 Å². The Morgan fingerprint density at radius 3 is 2.36 bits per heavy atom. The van der Waals surface area contributed by atoms with Gasteiger partial charge in [-0.2, -0.15) is 0 Å². The fourth-order valence-electron chi connectivity index (χ4n) is 3.39. The molecule has 7 heteroatoms. The van der Waals surface area contributed by atoms with E-state index < -0.39 is 17.8 Å². The van der Waals surface area contributed by atoms with E-state index in [0.29, 0.717) is 36.4 Å². The molecule has 0 bridgehead atoms. The Morgan fingerprint density at radius 1 is 1.00 bits per heavy atom. The molecule has 1 saturated carbocycles. The van der Waals surface area contributed by atoms with Crippen LogP contribution < -0.4 is 15.8 Å². The lowest BCUT2D eigenvalue weighted by Gasteiger charge is -2.25. The molecule has 2 atom stereocenters. The molecule has 0 spiro atoms. The summed E-state index contributed by atoms with van der Waals surface area (Å²) in [5.74, 6) is -1.48. The molecule has 0 heterocycles. The monoisotopic (exact) mass is 382 g/mol. The Hall–Kier alpha value is -3.35. The molecule has 2 aromatic rings. The fourth-order valence-corrected chi connectivity index (χ4v) is 3.39. The van der Waals surface area contributed by atoms with Crippen LogP contribution in [-0.4, -0.2) is 22.9 Å². The number of benzene rings is 2. The third-order valence-electron chi connectivity index (χ3n) is 4.90. The van der Waals surface area contributed by atoms with E-state index in [1.165, 1.54) is 0 Å². The van der Waals surface area contributed by atoms with Crippen molar-refractivity contribution in [2.45, 2.75) is 25.7 Å². The van der Waals surface area contributed by atoms with E-state index in [1.807, 2.05) is 0 Å². The Kier molecular flexibility index (Phi) is 5.93. The first-order valence-corrected chi connectivity index (χ1v) is 9.14. The van der Waals surface area contributed by atoms with E-state index in [2.05, 4.69) is 5.32 Å². The first-order valence-electron chi connectivity index (χ1n) is 9.14. The van der Waals surface area contributed by atoms with Gasteiger partial charge in [0.25, 0.3) is 5.91 Å². The highest BCUT2D eigenvalue weighted by Crippen LogP contribution is 2.31. The number of carbonyl (C=O) groups excluding carboxylic acids is 2. The molecule has 1 aliphatic carbocycles. The Balaban J connectivity index is 1.62. The molecule has 7 nitrogen and oxygen atoms in total. The molecule has 0 aliphatic heterocycles. The molecule has 4 N–H and O–H groups in total. The van der Waals surface area contributed by atoms with Gasteiger partial charge in [-0.1, -0.05) is 18.6 Å². The van der Waals surface area contributed by atoms with Crippen LogP contribution in [-0.2, 0) is 9.59 Å². The zero-order valence-corrected chi connectivity index (χ0v) is 15.3. The van der Waals surface area contributed by atoms with Gasteiger partial charge >= 0.3 is 5.97 Å². The molecule has 1 fully saturated rings. The Bertz CT molecular complexity index is 879. The molecule has 1 aliphatic rings. The highest BCUT2D eigenvalue weighted by atomic mass is 16.5. The van der Waals surface area contributed by atoms with Gasteiger partial charge in [0.15, 0.2) is 0 Å². The fraction of sp³-hybridized carbons (Fsp3) is 0.286. The van der Waals surface area contributed by atoms with Crippen molar-refractivity contribution in [3.05, 3.63) is 54.1 Å². The van der Waals surface area contributed by atoms with Crippen LogP contribution in [0.3, 0.4) is 0 Å². The number of anilines is 1. The van der Waals surface area contributed by atoms with Crippen molar-refractivity contribution in [3.63, 3.8) is 0 Å². The highest BCUT2D eigenvalue weighted by molar-refractivity contribution is 5.95. The maximum absolute atomic E-state index is 12.4. The van der Waals surface area contributed by atoms with Crippen LogP contribution in [0.2, 0.25) is 0 Å². The average Bonchev–Trinajstić information content (AvgIpc) is 2.69. The first-order chi connectivity index (χ1) is 13.4. The SMILES string of the molecule is NC(=O)c1ccccc1Oc1ccc(NC(=O)C2CCCC(C(=O)O)C2)cc1. The minimum Gasteiger partial charge on any atom is -0.481 e. The quantitative estimate of drug-likeness (QED) is 0.707. The number of carboxylic acid groups (broad SMARTS) is 1. The smallest absolute Gasteiger partial charge is 0.306 e. The molecule has 0 radical (unpaired) electrons. The van der Waals surface area contributed by atoms with Gasteiger partial charge in [0.05, 0.1) is 11.5 Å². The van der Waals surface area contributed by atoms with E-state index in [4.69, 9.17) is 15.6 Å². The van der Waals surface area contributed by atoms with Crippen molar-refractivity contribution in [2.75, 3.05) is 5.32 Å². The molecular formula is C21H22N2O5. The molecule has 3 rings (SSSR count). The number of hydrogen-bond acceptors (Lipinski definition) is 4. The molecule has 146 valence electrons. The topological polar surface area (TPSA) is 119 Å². The molecular weight excluding hydrogens is 360 g/mol. The number of carboxylic acids is 1. The summed E-state index contributed by atoms with van der Waals surface area (Å²) in [5.41, 5.74) is 6.22. The van der Waals surface area contributed by atoms with Crippen LogP contribution >= 0.6 is 0 Å². The van der Waals surface area contributed by atoms with E-state index in [0.717, 1.165) is 6.42 Å². The molecule has 2 amide bonds. The van der Waals surface area contributed by atoms with E-state index in [1.54, 1.807) is 48.5 Å². The van der Waals surface area contributed by atoms with Gasteiger partial charge in [0.1, 0.15) is 11.5 Å². The van der Waals surface area contributed by atoms with Crippen molar-refractivity contribution in [2.24, 2.45) is 17.6 Å². The Morgan fingerprint density at radius 2 is 1.68 bits per heavy atom. The van der Waals surface area contributed by atoms with Crippen LogP contribution in [0.5, 0.6) is 11.5 Å². The van der Waals surface area contributed by atoms with E-state index >= 15 is 0 Å². The van der Waals surface area contributed by atoms with E-state index in [-0.39, 0.29) is 17.4 Å². The number of rotatable bonds is 6. The zero-order chi connectivity index (χ0) is 20.1. The Labute approximate surface area is 162 Å². The van der Waals surface area contributed by atoms with Crippen LogP contribution in [0, 0.1) is 11.8 Å². The summed E-state index contributed by atoms with van der Waals surface area (Å²) < 4.78 is 5.71. The standard InChI is InChI=1S/C21H22N2O5/c22-19(24)17-6-1-2-7-18(17)28-16-10-8-15(9-11-16)23-20(25)13-4-3-5-14(12-13)21(26)27/h1-2,6-11,13-14H,3-5,12H2,(H2,22,24)(H,23,25)(H,26,27). The molecule has 2 unspecified atom stereocenters. The van der Waals surface area contributed by atoms with Gasteiger partial charge in [-0.25, -0.2) is 0 Å². The predicted molar refractivity (Wildman–Crippen MR) is 103 cm³/mol. The number of amides is 2. The number of para-hydroxylation sites is 1. The predicted octanol–water partition coefficient (Wildman–Crippen LogP) is 3.41. The second-order valence-electron chi connectivity index (χ2n) is 6.87. The number of ether oxygens (including phenoxy) is 1. The lowest BCUT2D eigenvalue weighted by Crippen LogP contribution is -2.30. The first kappa shape index (κ1) is 19.4. The summed E-state index contributed by atoms with van der Waals surface area (Å²) in [4.78, 5) is 35.1. The van der Waals surface area contributed by atoms with Crippen molar-refractivity contribution in [3.8, 4) is 11.5 Å². The second-order valence-corrected chi connectivity index (χ2v) is 6.87. The summed E-state index contributed by atoms with van der Waals surface area (Å²) in [5, 5.41) is 12.0. The summed E-state index contributed by atoms with van der Waals surface area (Å²) in [7, 11) is 0. The third-order valence-corrected chi connectivity index (χ3v) is 4.90. The van der Waals surface area contributed by atoms with Crippen molar-refractivity contribution in [1.29, 1.82) is 0 Å². The van der Waals surface area contributed by atoms with Gasteiger partial charge in [-0.15, -0.1) is 0 Å². The van der Waals surface area contributed by atoms with Crippen LogP contribution in [0.1, 0.15) is 36.0 Å². The largest absolute Gasteiger partial charge is 0.481 e. The number of carbonyl (C=O) groups is 3. The van der Waals surface area contributed by atoms with Crippen LogP contribution in [0.15, 0.2) is 48.5 Å². The van der Waals surface area contributed by atoms with Crippen LogP contribution in [0.25, 0.3) is 0 Å². The number of hydrogen-bond donors (Lipinski definition) is 3. The van der Waals surface area contributed by atoms with Crippen molar-refractivity contribution >= 4 is 23.5 Å². The lowest BCUT2D eigenvalue weighted by molar-refractivity contribution is -0.143. The van der Waals surface area contributed by atoms with E-state index in [9.17, 15) is 14.4 Å². The minimum absolute atomic E-state index is 0.168. The summed E-state index contributed by atoms with van der Waals surface area (Å²) in [6, 6.07) is 13.4. The van der Waals surface area contributed by atoms with Gasteiger partial charge in [-0.3, -0.25) is 14.4 Å². The second kappa shape index (κ2) is 8.56. The minimum atomic E-state index is -0.838. The van der Waals surface area contributed by atoms with Crippen molar-refractivity contribution < 1.29 is 24.2 Å².